The fourth-order valence-electron chi connectivity index (χ4n) is 0. The van der Waals surface area contributed by atoms with E-state index in [9.17, 15) is 0 Å². The van der Waals surface area contributed by atoms with E-state index in [2.05, 4.69) is 16.0 Å². The Kier molecular flexibility index (Phi) is 185. The van der Waals surface area contributed by atoms with Crippen molar-refractivity contribution in [3.63, 3.8) is 0 Å². The van der Waals surface area contributed by atoms with Crippen molar-refractivity contribution in [2.45, 2.75) is 0 Å². The number of hydrogen-bond acceptors (Lipinski definition) is 4. The Labute approximate surface area is 72.8 Å². The molecule has 0 saturated heterocycles. The SMILES string of the molecule is CNC.CNC.CNC.O=P. The van der Waals surface area contributed by atoms with E-state index in [1.54, 1.807) is 9.12 Å². The quantitative estimate of drug-likeness (QED) is 0.462. The minimum Gasteiger partial charge on any atom is -0.323 e. The minimum atomic E-state index is 1.72. The Morgan fingerprint density at radius 3 is 0.636 bits per heavy atom. The van der Waals surface area contributed by atoms with Crippen molar-refractivity contribution >= 4 is 9.12 Å². The van der Waals surface area contributed by atoms with Gasteiger partial charge in [-0.25, -0.2) is 0 Å². The first kappa shape index (κ1) is 22.4. The Morgan fingerprint density at radius 2 is 0.636 bits per heavy atom. The standard InChI is InChI=1S/3C2H7N.HOP/c3*1-3-2;1-2/h3*3H,1-2H3;2H. The van der Waals surface area contributed by atoms with Crippen LogP contribution in [-0.2, 0) is 4.57 Å². The van der Waals surface area contributed by atoms with Crippen molar-refractivity contribution < 1.29 is 4.57 Å². The smallest absolute Gasteiger partial charge is 0.138 e. The number of hydrogen-bond donors (Lipinski definition) is 3. The second-order valence-corrected chi connectivity index (χ2v) is 1.50. The minimum absolute atomic E-state index is 1.72. The monoisotopic (exact) mass is 183 g/mol. The van der Waals surface area contributed by atoms with Crippen LogP contribution in [0.4, 0.5) is 0 Å². The molecule has 0 aliphatic heterocycles. The van der Waals surface area contributed by atoms with Crippen LogP contribution in [-0.4, -0.2) is 42.3 Å². The van der Waals surface area contributed by atoms with E-state index in [0.29, 0.717) is 0 Å². The average molecular weight is 183 g/mol. The molecule has 0 radical (unpaired) electrons. The van der Waals surface area contributed by atoms with Gasteiger partial charge in [-0.05, 0) is 42.3 Å². The largest absolute Gasteiger partial charge is 0.323 e. The summed E-state index contributed by atoms with van der Waals surface area (Å²) in [4.78, 5) is 0. The molecular weight excluding hydrogens is 161 g/mol. The Morgan fingerprint density at radius 1 is 0.636 bits per heavy atom. The van der Waals surface area contributed by atoms with Crippen LogP contribution in [0.25, 0.3) is 0 Å². The summed E-state index contributed by atoms with van der Waals surface area (Å²) in [6.45, 7) is 0. The van der Waals surface area contributed by atoms with E-state index in [1.807, 2.05) is 42.3 Å². The van der Waals surface area contributed by atoms with Crippen LogP contribution in [0.5, 0.6) is 0 Å². The molecule has 0 spiro atoms. The van der Waals surface area contributed by atoms with Crippen molar-refractivity contribution in [2.75, 3.05) is 42.3 Å². The predicted octanol–water partition coefficient (Wildman–Crippen LogP) is -0.0185. The first-order valence-electron chi connectivity index (χ1n) is 3.20. The van der Waals surface area contributed by atoms with E-state index in [0.717, 1.165) is 0 Å². The average Bonchev–Trinajstić information content (AvgIpc) is 1.96. The van der Waals surface area contributed by atoms with Gasteiger partial charge in [-0.1, -0.05) is 0 Å². The molecule has 0 aliphatic rings. The molecule has 0 amide bonds. The first-order chi connectivity index (χ1) is 5.24. The zero-order valence-electron chi connectivity index (χ0n) is 8.41. The Bertz CT molecular complexity index is 29.0. The van der Waals surface area contributed by atoms with Crippen molar-refractivity contribution in [1.82, 2.24) is 16.0 Å². The first-order valence-corrected chi connectivity index (χ1v) is 3.61. The fourth-order valence-corrected chi connectivity index (χ4v) is 0. The molecule has 72 valence electrons. The molecule has 0 bridgehead atoms. The lowest BCUT2D eigenvalue weighted by atomic mass is 11.3. The van der Waals surface area contributed by atoms with Gasteiger partial charge in [-0.15, -0.1) is 0 Å². The van der Waals surface area contributed by atoms with Crippen LogP contribution in [0.15, 0.2) is 0 Å². The molecule has 0 unspecified atom stereocenters. The normalized spacial score (nSPS) is 5.27. The van der Waals surface area contributed by atoms with Gasteiger partial charge in [0.05, 0.1) is 0 Å². The highest BCUT2D eigenvalue weighted by Gasteiger charge is 1.26. The van der Waals surface area contributed by atoms with Crippen LogP contribution >= 0.6 is 9.12 Å². The molecule has 4 nitrogen and oxygen atoms in total. The van der Waals surface area contributed by atoms with Gasteiger partial charge in [0.25, 0.3) is 0 Å². The molecule has 0 aromatic heterocycles. The third-order valence-corrected chi connectivity index (χ3v) is 0. The molecule has 0 fully saturated rings. The lowest BCUT2D eigenvalue weighted by Gasteiger charge is -1.59. The zero-order chi connectivity index (χ0) is 10.1. The summed E-state index contributed by atoms with van der Waals surface area (Å²) in [7, 11) is 13.0. The molecule has 5 heteroatoms. The van der Waals surface area contributed by atoms with Crippen LogP contribution in [0.3, 0.4) is 0 Å². The van der Waals surface area contributed by atoms with Crippen molar-refractivity contribution in [3.05, 3.63) is 0 Å². The molecule has 3 N–H and O–H groups in total. The Balaban J connectivity index is -0.0000000301. The lowest BCUT2D eigenvalue weighted by Crippen LogP contribution is -1.89. The van der Waals surface area contributed by atoms with E-state index in [4.69, 9.17) is 4.57 Å². The molecule has 0 rings (SSSR count). The molecule has 0 atom stereocenters. The second kappa shape index (κ2) is 90.6. The van der Waals surface area contributed by atoms with Crippen molar-refractivity contribution in [1.29, 1.82) is 0 Å². The summed E-state index contributed by atoms with van der Waals surface area (Å²) >= 11 is 0. The van der Waals surface area contributed by atoms with E-state index < -0.39 is 0 Å². The highest BCUT2D eigenvalue weighted by atomic mass is 31.0. The van der Waals surface area contributed by atoms with Gasteiger partial charge >= 0.3 is 0 Å². The molecule has 0 heterocycles. The summed E-state index contributed by atoms with van der Waals surface area (Å²) in [5.41, 5.74) is 0. The van der Waals surface area contributed by atoms with Gasteiger partial charge in [0.1, 0.15) is 9.12 Å². The van der Waals surface area contributed by atoms with Crippen LogP contribution in [0.2, 0.25) is 0 Å². The number of nitrogens with one attached hydrogen (secondary N) is 3. The third-order valence-electron chi connectivity index (χ3n) is 0. The molecule has 0 aromatic carbocycles. The molecule has 11 heavy (non-hydrogen) atoms. The van der Waals surface area contributed by atoms with Gasteiger partial charge in [-0.3, -0.25) is 4.57 Å². The van der Waals surface area contributed by atoms with Crippen LogP contribution in [0.1, 0.15) is 0 Å². The zero-order valence-corrected chi connectivity index (χ0v) is 9.41. The van der Waals surface area contributed by atoms with Crippen molar-refractivity contribution in [2.24, 2.45) is 0 Å². The maximum absolute atomic E-state index is 8.06. The topological polar surface area (TPSA) is 53.2 Å². The summed E-state index contributed by atoms with van der Waals surface area (Å²) in [5.74, 6) is 0. The molecular formula is C6H22N3OP. The maximum Gasteiger partial charge on any atom is 0.138 e. The van der Waals surface area contributed by atoms with Crippen molar-refractivity contribution in [3.8, 4) is 0 Å². The van der Waals surface area contributed by atoms with Gasteiger partial charge in [0, 0.05) is 0 Å². The van der Waals surface area contributed by atoms with Gasteiger partial charge in [-0.2, -0.15) is 0 Å². The fraction of sp³-hybridized carbons (Fsp3) is 1.00. The van der Waals surface area contributed by atoms with Gasteiger partial charge in [0.15, 0.2) is 0 Å². The van der Waals surface area contributed by atoms with Crippen LogP contribution in [0, 0.1) is 0 Å². The van der Waals surface area contributed by atoms with Gasteiger partial charge in [0.2, 0.25) is 0 Å². The predicted molar refractivity (Wildman–Crippen MR) is 54.0 cm³/mol. The van der Waals surface area contributed by atoms with E-state index in [1.165, 1.54) is 0 Å². The van der Waals surface area contributed by atoms with Gasteiger partial charge < -0.3 is 16.0 Å². The summed E-state index contributed by atoms with van der Waals surface area (Å²) in [6, 6.07) is 0. The Hall–Kier alpha value is -0.0200. The second-order valence-electron chi connectivity index (χ2n) is 1.50. The summed E-state index contributed by atoms with van der Waals surface area (Å²) in [6.07, 6.45) is 0. The van der Waals surface area contributed by atoms with E-state index >= 15 is 0 Å². The van der Waals surface area contributed by atoms with Crippen LogP contribution < -0.4 is 16.0 Å². The molecule has 0 aromatic rings. The highest BCUT2D eigenvalue weighted by molar-refractivity contribution is 7.00. The third kappa shape index (κ3) is 1590000. The molecule has 0 aliphatic carbocycles. The molecule has 0 saturated carbocycles. The lowest BCUT2D eigenvalue weighted by molar-refractivity contribution is 0.607. The number of rotatable bonds is 0. The summed E-state index contributed by atoms with van der Waals surface area (Å²) in [5, 5.41) is 8.25. The van der Waals surface area contributed by atoms with E-state index in [-0.39, 0.29) is 0 Å². The highest BCUT2D eigenvalue weighted by Crippen LogP contribution is 1.23. The maximum atomic E-state index is 8.06. The summed E-state index contributed by atoms with van der Waals surface area (Å²) < 4.78 is 8.06.